The van der Waals surface area contributed by atoms with Gasteiger partial charge in [-0.05, 0) is 42.2 Å². The van der Waals surface area contributed by atoms with Crippen LogP contribution in [0.25, 0.3) is 0 Å². The van der Waals surface area contributed by atoms with E-state index < -0.39 is 0 Å². The van der Waals surface area contributed by atoms with E-state index >= 15 is 0 Å². The molecule has 184 valence electrons. The van der Waals surface area contributed by atoms with Gasteiger partial charge < -0.3 is 20.9 Å². The fraction of sp³-hybridized carbons (Fsp3) is 0.320. The maximum atomic E-state index is 13.1. The van der Waals surface area contributed by atoms with Gasteiger partial charge in [-0.3, -0.25) is 10.2 Å². The number of H-pyrrole nitrogens is 1. The zero-order chi connectivity index (χ0) is 23.1. The highest BCUT2D eigenvalue weighted by molar-refractivity contribution is 5.97. The number of amidine groups is 1. The van der Waals surface area contributed by atoms with Crippen molar-refractivity contribution < 1.29 is 4.79 Å². The van der Waals surface area contributed by atoms with Crippen molar-refractivity contribution >= 4 is 47.9 Å². The third kappa shape index (κ3) is 7.50. The minimum absolute atomic E-state index is 0. The van der Waals surface area contributed by atoms with Gasteiger partial charge in [-0.25, -0.2) is 4.98 Å². The van der Waals surface area contributed by atoms with E-state index in [0.717, 1.165) is 29.9 Å². The molecule has 0 aliphatic carbocycles. The van der Waals surface area contributed by atoms with E-state index in [0.29, 0.717) is 11.5 Å². The van der Waals surface area contributed by atoms with Crippen molar-refractivity contribution in [3.05, 3.63) is 77.9 Å². The molecule has 0 radical (unpaired) electrons. The van der Waals surface area contributed by atoms with Gasteiger partial charge in [-0.2, -0.15) is 0 Å². The van der Waals surface area contributed by atoms with Crippen molar-refractivity contribution in [1.29, 1.82) is 5.41 Å². The highest BCUT2D eigenvalue weighted by Gasteiger charge is 2.24. The van der Waals surface area contributed by atoms with E-state index in [9.17, 15) is 4.79 Å². The van der Waals surface area contributed by atoms with E-state index in [-0.39, 0.29) is 49.1 Å². The fourth-order valence-electron chi connectivity index (χ4n) is 3.74. The molecule has 1 atom stereocenters. The molecule has 0 saturated carbocycles. The molecule has 9 heteroatoms. The van der Waals surface area contributed by atoms with Crippen molar-refractivity contribution in [1.82, 2.24) is 9.97 Å². The lowest BCUT2D eigenvalue weighted by Gasteiger charge is -2.33. The number of nitrogens with two attached hydrogens (primary N) is 1. The van der Waals surface area contributed by atoms with Gasteiger partial charge in [0.15, 0.2) is 0 Å². The number of imidazole rings is 1. The van der Waals surface area contributed by atoms with Crippen LogP contribution in [-0.2, 0) is 4.79 Å². The smallest absolute Gasteiger partial charge is 0.243 e. The number of benzene rings is 2. The summed E-state index contributed by atoms with van der Waals surface area (Å²) in [5.74, 6) is 0.319. The lowest BCUT2D eigenvalue weighted by Crippen LogP contribution is -2.37. The Morgan fingerprint density at radius 2 is 1.88 bits per heavy atom. The van der Waals surface area contributed by atoms with Gasteiger partial charge >= 0.3 is 0 Å². The largest absolute Gasteiger partial charge is 0.384 e. The zero-order valence-corrected chi connectivity index (χ0v) is 21.4. The Balaban J connectivity index is 0.00000289. The fourth-order valence-corrected chi connectivity index (χ4v) is 3.74. The number of hydrogen-bond acceptors (Lipinski definition) is 4. The number of amides is 1. The van der Waals surface area contributed by atoms with Crippen LogP contribution in [0.15, 0.2) is 61.1 Å². The quantitative estimate of drug-likeness (QED) is 0.211. The number of nitrogens with one attached hydrogen (secondary N) is 3. The van der Waals surface area contributed by atoms with Crippen molar-refractivity contribution in [2.45, 2.75) is 45.6 Å². The molecule has 2 aromatic carbocycles. The highest BCUT2D eigenvalue weighted by Crippen LogP contribution is 2.30. The summed E-state index contributed by atoms with van der Waals surface area (Å²) in [6, 6.07) is 15.3. The lowest BCUT2D eigenvalue weighted by molar-refractivity contribution is -0.115. The standard InChI is InChI=1S/C25H32N6O.2ClH/c1-4-6-23(22-14-28-16-29-22)31(21-8-5-7-19(13-21)25(26)27)15-24(32)30-20-11-9-18(10-12-20)17(2)3;;/h5,7-14,16-17,23H,4,6,15H2,1-3H3,(H3,26,27)(H,28,29)(H,30,32);2*1H. The van der Waals surface area contributed by atoms with Crippen molar-refractivity contribution in [2.24, 2.45) is 5.73 Å². The molecule has 5 N–H and O–H groups in total. The number of rotatable bonds is 10. The average Bonchev–Trinajstić information content (AvgIpc) is 3.31. The number of halogens is 2. The van der Waals surface area contributed by atoms with E-state index in [1.807, 2.05) is 47.4 Å². The average molecular weight is 505 g/mol. The molecule has 0 aliphatic heterocycles. The van der Waals surface area contributed by atoms with Crippen LogP contribution in [0.4, 0.5) is 11.4 Å². The number of aromatic nitrogens is 2. The maximum absolute atomic E-state index is 13.1. The van der Waals surface area contributed by atoms with Crippen LogP contribution in [0, 0.1) is 5.41 Å². The second kappa shape index (κ2) is 13.6. The summed E-state index contributed by atoms with van der Waals surface area (Å²) in [5.41, 5.74) is 10.1. The van der Waals surface area contributed by atoms with Gasteiger partial charge in [0.1, 0.15) is 5.84 Å². The first-order valence-corrected chi connectivity index (χ1v) is 11.0. The molecule has 0 fully saturated rings. The topological polar surface area (TPSA) is 111 Å². The molecule has 1 aromatic heterocycles. The van der Waals surface area contributed by atoms with Gasteiger partial charge in [0.25, 0.3) is 0 Å². The molecule has 1 unspecified atom stereocenters. The Bertz CT molecular complexity index is 1040. The summed E-state index contributed by atoms with van der Waals surface area (Å²) in [4.78, 5) is 22.5. The van der Waals surface area contributed by atoms with Crippen LogP contribution in [-0.4, -0.2) is 28.3 Å². The van der Waals surface area contributed by atoms with Crippen molar-refractivity contribution in [3.8, 4) is 0 Å². The molecule has 0 spiro atoms. The molecule has 0 bridgehead atoms. The summed E-state index contributed by atoms with van der Waals surface area (Å²) >= 11 is 0. The molecule has 3 aromatic rings. The van der Waals surface area contributed by atoms with Crippen LogP contribution in [0.5, 0.6) is 0 Å². The van der Waals surface area contributed by atoms with Gasteiger partial charge in [0, 0.05) is 16.9 Å². The Morgan fingerprint density at radius 3 is 2.44 bits per heavy atom. The lowest BCUT2D eigenvalue weighted by atomic mass is 10.0. The van der Waals surface area contributed by atoms with Crippen LogP contribution >= 0.6 is 24.8 Å². The zero-order valence-electron chi connectivity index (χ0n) is 19.7. The molecule has 0 saturated heterocycles. The number of anilines is 2. The summed E-state index contributed by atoms with van der Waals surface area (Å²) in [5, 5.41) is 10.8. The number of carbonyl (C=O) groups excluding carboxylic acids is 1. The minimum atomic E-state index is -0.115. The van der Waals surface area contributed by atoms with Gasteiger partial charge in [-0.15, -0.1) is 24.8 Å². The van der Waals surface area contributed by atoms with E-state index in [4.69, 9.17) is 11.1 Å². The number of aromatic amines is 1. The molecule has 1 heterocycles. The second-order valence-electron chi connectivity index (χ2n) is 8.23. The first-order valence-electron chi connectivity index (χ1n) is 11.0. The maximum Gasteiger partial charge on any atom is 0.243 e. The molecule has 3 rings (SSSR count). The van der Waals surface area contributed by atoms with Crippen LogP contribution < -0.4 is 16.0 Å². The Hall–Kier alpha value is -3.03. The Kier molecular flexibility index (Phi) is 11.6. The number of carbonyl (C=O) groups is 1. The molecular weight excluding hydrogens is 471 g/mol. The van der Waals surface area contributed by atoms with Crippen LogP contribution in [0.3, 0.4) is 0 Å². The summed E-state index contributed by atoms with van der Waals surface area (Å²) < 4.78 is 0. The SMILES string of the molecule is CCCC(c1cnc[nH]1)N(CC(=O)Nc1ccc(C(C)C)cc1)c1cccc(C(=N)N)c1.Cl.Cl. The Morgan fingerprint density at radius 1 is 1.18 bits per heavy atom. The molecule has 7 nitrogen and oxygen atoms in total. The summed E-state index contributed by atoms with van der Waals surface area (Å²) in [6.07, 6.45) is 5.22. The number of hydrogen-bond donors (Lipinski definition) is 4. The minimum Gasteiger partial charge on any atom is -0.384 e. The normalized spacial score (nSPS) is 11.2. The third-order valence-corrected chi connectivity index (χ3v) is 5.48. The monoisotopic (exact) mass is 504 g/mol. The second-order valence-corrected chi connectivity index (χ2v) is 8.23. The van der Waals surface area contributed by atoms with Gasteiger partial charge in [0.2, 0.25) is 5.91 Å². The molecular formula is C25H34Cl2N6O. The predicted molar refractivity (Wildman–Crippen MR) is 145 cm³/mol. The highest BCUT2D eigenvalue weighted by atomic mass is 35.5. The van der Waals surface area contributed by atoms with E-state index in [2.05, 4.69) is 36.1 Å². The van der Waals surface area contributed by atoms with Gasteiger partial charge in [0.05, 0.1) is 30.8 Å². The van der Waals surface area contributed by atoms with Crippen LogP contribution in [0.2, 0.25) is 0 Å². The molecule has 1 amide bonds. The number of nitrogens with zero attached hydrogens (tertiary/aromatic N) is 2. The Labute approximate surface area is 213 Å². The van der Waals surface area contributed by atoms with Gasteiger partial charge in [-0.1, -0.05) is 51.5 Å². The van der Waals surface area contributed by atoms with E-state index in [1.165, 1.54) is 5.56 Å². The predicted octanol–water partition coefficient (Wildman–Crippen LogP) is 5.65. The first-order chi connectivity index (χ1) is 15.4. The van der Waals surface area contributed by atoms with Crippen LogP contribution in [0.1, 0.15) is 62.4 Å². The first kappa shape index (κ1) is 29.0. The van der Waals surface area contributed by atoms with E-state index in [1.54, 1.807) is 18.6 Å². The summed E-state index contributed by atoms with van der Waals surface area (Å²) in [6.45, 7) is 6.55. The van der Waals surface area contributed by atoms with Crippen molar-refractivity contribution in [2.75, 3.05) is 16.8 Å². The number of nitrogen functional groups attached to an aromatic ring is 1. The molecule has 34 heavy (non-hydrogen) atoms. The summed E-state index contributed by atoms with van der Waals surface area (Å²) in [7, 11) is 0. The third-order valence-electron chi connectivity index (χ3n) is 5.48. The molecule has 0 aliphatic rings. The van der Waals surface area contributed by atoms with Crippen molar-refractivity contribution in [3.63, 3.8) is 0 Å².